The fourth-order valence-electron chi connectivity index (χ4n) is 1.88. The molecule has 0 aliphatic carbocycles. The molecule has 2 rings (SSSR count). The molecule has 2 aromatic rings. The number of hydrogen-bond acceptors (Lipinski definition) is 2. The molecule has 0 unspecified atom stereocenters. The lowest BCUT2D eigenvalue weighted by Crippen LogP contribution is -2.12. The molecule has 0 saturated heterocycles. The summed E-state index contributed by atoms with van der Waals surface area (Å²) in [5, 5.41) is 1.92. The van der Waals surface area contributed by atoms with Gasteiger partial charge in [-0.2, -0.15) is 0 Å². The van der Waals surface area contributed by atoms with Crippen LogP contribution in [0.1, 0.15) is 11.6 Å². The van der Waals surface area contributed by atoms with Crippen molar-refractivity contribution in [3.8, 4) is 5.75 Å². The van der Waals surface area contributed by atoms with Crippen LogP contribution < -0.4 is 10.5 Å². The van der Waals surface area contributed by atoms with Crippen molar-refractivity contribution in [1.29, 1.82) is 0 Å². The van der Waals surface area contributed by atoms with Gasteiger partial charge in [-0.25, -0.2) is 4.39 Å². The summed E-state index contributed by atoms with van der Waals surface area (Å²) in [6, 6.07) is 10.8. The van der Waals surface area contributed by atoms with Crippen molar-refractivity contribution in [3.05, 3.63) is 42.0 Å². The highest BCUT2D eigenvalue weighted by Crippen LogP contribution is 2.30. The third kappa shape index (κ3) is 2.51. The lowest BCUT2D eigenvalue weighted by atomic mass is 9.99. The molecule has 92 valence electrons. The first-order valence-electron chi connectivity index (χ1n) is 5.15. The molecule has 0 aromatic heterocycles. The molecule has 1 atom stereocenters. The smallest absolute Gasteiger partial charge is 0.126 e. The third-order valence-electron chi connectivity index (χ3n) is 2.70. The molecule has 0 fully saturated rings. The first-order valence-corrected chi connectivity index (χ1v) is 5.15. The second-order valence-corrected chi connectivity index (χ2v) is 3.66. The normalized spacial score (nSPS) is 11.9. The van der Waals surface area contributed by atoms with Gasteiger partial charge in [0.15, 0.2) is 0 Å². The van der Waals surface area contributed by atoms with Crippen molar-refractivity contribution in [3.63, 3.8) is 0 Å². The predicted molar refractivity (Wildman–Crippen MR) is 70.7 cm³/mol. The van der Waals surface area contributed by atoms with Crippen molar-refractivity contribution in [2.45, 2.75) is 6.04 Å². The summed E-state index contributed by atoms with van der Waals surface area (Å²) < 4.78 is 17.9. The minimum absolute atomic E-state index is 0. The van der Waals surface area contributed by atoms with Gasteiger partial charge < -0.3 is 10.5 Å². The van der Waals surface area contributed by atoms with Crippen LogP contribution >= 0.6 is 12.4 Å². The predicted octanol–water partition coefficient (Wildman–Crippen LogP) is 3.24. The van der Waals surface area contributed by atoms with Gasteiger partial charge in [-0.3, -0.25) is 0 Å². The molecule has 2 aromatic carbocycles. The highest BCUT2D eigenvalue weighted by atomic mass is 35.5. The van der Waals surface area contributed by atoms with Crippen LogP contribution in [0.15, 0.2) is 36.4 Å². The summed E-state index contributed by atoms with van der Waals surface area (Å²) >= 11 is 0. The molecule has 0 saturated carbocycles. The molecule has 0 heterocycles. The fraction of sp³-hybridized carbons (Fsp3) is 0.231. The lowest BCUT2D eigenvalue weighted by Gasteiger charge is -2.13. The fourth-order valence-corrected chi connectivity index (χ4v) is 1.88. The van der Waals surface area contributed by atoms with Crippen molar-refractivity contribution in [2.75, 3.05) is 13.8 Å². The van der Waals surface area contributed by atoms with Crippen LogP contribution in [0.2, 0.25) is 0 Å². The molecule has 2 N–H and O–H groups in total. The summed E-state index contributed by atoms with van der Waals surface area (Å²) in [6.45, 7) is -0.559. The number of halogens is 2. The van der Waals surface area contributed by atoms with E-state index in [1.54, 1.807) is 7.11 Å². The largest absolute Gasteiger partial charge is 0.496 e. The van der Waals surface area contributed by atoms with Crippen molar-refractivity contribution >= 4 is 23.2 Å². The van der Waals surface area contributed by atoms with Crippen LogP contribution in [0.3, 0.4) is 0 Å². The first-order chi connectivity index (χ1) is 7.77. The molecule has 0 aliphatic heterocycles. The molecular weight excluding hydrogens is 241 g/mol. The Morgan fingerprint density at radius 3 is 2.41 bits per heavy atom. The summed E-state index contributed by atoms with van der Waals surface area (Å²) in [5.74, 6) is 0.783. The zero-order valence-electron chi connectivity index (χ0n) is 9.52. The standard InChI is InChI=1S/C13H14FNO.ClH/c1-16-13-7-6-10(12(15)8-14)9-4-2-3-5-11(9)13;/h2-7,12H,8,15H2,1H3;1H/t12-;/m0./s1. The molecule has 4 heteroatoms. The Morgan fingerprint density at radius 1 is 1.18 bits per heavy atom. The third-order valence-corrected chi connectivity index (χ3v) is 2.70. The van der Waals surface area contributed by atoms with E-state index in [9.17, 15) is 4.39 Å². The average Bonchev–Trinajstić information content (AvgIpc) is 2.36. The molecule has 2 nitrogen and oxygen atoms in total. The molecule has 17 heavy (non-hydrogen) atoms. The van der Waals surface area contributed by atoms with Crippen molar-refractivity contribution < 1.29 is 9.13 Å². The monoisotopic (exact) mass is 255 g/mol. The first kappa shape index (κ1) is 13.7. The van der Waals surface area contributed by atoms with Gasteiger partial charge in [-0.15, -0.1) is 12.4 Å². The topological polar surface area (TPSA) is 35.2 Å². The molecule has 0 aliphatic rings. The second kappa shape index (κ2) is 5.84. The number of rotatable bonds is 3. The molecule has 0 spiro atoms. The maximum atomic E-state index is 12.6. The Balaban J connectivity index is 0.00000144. The number of hydrogen-bond donors (Lipinski definition) is 1. The SMILES string of the molecule is COc1ccc([C@@H](N)CF)c2ccccc12.Cl. The molecule has 0 bridgehead atoms. The van der Waals surface area contributed by atoms with Gasteiger partial charge in [0.05, 0.1) is 13.2 Å². The van der Waals surface area contributed by atoms with Crippen LogP contribution in [0.25, 0.3) is 10.8 Å². The summed E-state index contributed by atoms with van der Waals surface area (Å²) in [4.78, 5) is 0. The number of nitrogens with two attached hydrogens (primary N) is 1. The van der Waals surface area contributed by atoms with E-state index < -0.39 is 12.7 Å². The van der Waals surface area contributed by atoms with Crippen LogP contribution in [0.4, 0.5) is 4.39 Å². The zero-order valence-corrected chi connectivity index (χ0v) is 10.3. The van der Waals surface area contributed by atoms with E-state index in [0.29, 0.717) is 0 Å². The van der Waals surface area contributed by atoms with Crippen LogP contribution in [0, 0.1) is 0 Å². The maximum Gasteiger partial charge on any atom is 0.126 e. The van der Waals surface area contributed by atoms with Gasteiger partial charge in [0.2, 0.25) is 0 Å². The molecule has 0 amide bonds. The van der Waals surface area contributed by atoms with Crippen LogP contribution in [-0.2, 0) is 0 Å². The average molecular weight is 256 g/mol. The minimum Gasteiger partial charge on any atom is -0.496 e. The van der Waals surface area contributed by atoms with Crippen molar-refractivity contribution in [2.24, 2.45) is 5.73 Å². The highest BCUT2D eigenvalue weighted by Gasteiger charge is 2.11. The maximum absolute atomic E-state index is 12.6. The Hall–Kier alpha value is -1.32. The zero-order chi connectivity index (χ0) is 11.5. The Kier molecular flexibility index (Phi) is 4.73. The van der Waals surface area contributed by atoms with E-state index in [1.807, 2.05) is 36.4 Å². The number of methoxy groups -OCH3 is 1. The van der Waals surface area contributed by atoms with Crippen LogP contribution in [-0.4, -0.2) is 13.8 Å². The quantitative estimate of drug-likeness (QED) is 0.914. The number of ether oxygens (including phenoxy) is 1. The Bertz CT molecular complexity index is 504. The lowest BCUT2D eigenvalue weighted by molar-refractivity contribution is 0.418. The molecular formula is C13H15ClFNO. The van der Waals surface area contributed by atoms with Gasteiger partial charge in [-0.05, 0) is 17.0 Å². The van der Waals surface area contributed by atoms with E-state index in [-0.39, 0.29) is 12.4 Å². The highest BCUT2D eigenvalue weighted by molar-refractivity contribution is 5.91. The van der Waals surface area contributed by atoms with Gasteiger partial charge in [0.25, 0.3) is 0 Å². The number of benzene rings is 2. The second-order valence-electron chi connectivity index (χ2n) is 3.66. The van der Waals surface area contributed by atoms with E-state index in [4.69, 9.17) is 10.5 Å². The summed E-state index contributed by atoms with van der Waals surface area (Å²) in [7, 11) is 1.62. The van der Waals surface area contributed by atoms with Crippen molar-refractivity contribution in [1.82, 2.24) is 0 Å². The van der Waals surface area contributed by atoms with E-state index in [1.165, 1.54) is 0 Å². The van der Waals surface area contributed by atoms with Gasteiger partial charge in [0.1, 0.15) is 12.4 Å². The number of alkyl halides is 1. The van der Waals surface area contributed by atoms with Gasteiger partial charge >= 0.3 is 0 Å². The van der Waals surface area contributed by atoms with E-state index in [0.717, 1.165) is 22.1 Å². The van der Waals surface area contributed by atoms with E-state index >= 15 is 0 Å². The summed E-state index contributed by atoms with van der Waals surface area (Å²) in [6.07, 6.45) is 0. The van der Waals surface area contributed by atoms with Gasteiger partial charge in [-0.1, -0.05) is 30.3 Å². The van der Waals surface area contributed by atoms with Gasteiger partial charge in [0, 0.05) is 5.39 Å². The van der Waals surface area contributed by atoms with E-state index in [2.05, 4.69) is 0 Å². The summed E-state index contributed by atoms with van der Waals surface area (Å²) in [5.41, 5.74) is 6.55. The minimum atomic E-state index is -0.573. The van der Waals surface area contributed by atoms with Crippen LogP contribution in [0.5, 0.6) is 5.75 Å². The Morgan fingerprint density at radius 2 is 1.82 bits per heavy atom. The molecule has 0 radical (unpaired) electrons. The number of fused-ring (bicyclic) bond motifs is 1. The Labute approximate surface area is 106 Å².